The summed E-state index contributed by atoms with van der Waals surface area (Å²) in [4.78, 5) is 7.26. The Balaban J connectivity index is 1.85. The molecule has 22 heavy (non-hydrogen) atoms. The van der Waals surface area contributed by atoms with Gasteiger partial charge in [0.05, 0.1) is 6.10 Å². The number of aromatic nitrogens is 2. The van der Waals surface area contributed by atoms with E-state index in [2.05, 4.69) is 9.97 Å². The highest BCUT2D eigenvalue weighted by atomic mass is 32.2. The summed E-state index contributed by atoms with van der Waals surface area (Å²) in [5.41, 5.74) is 0.562. The van der Waals surface area contributed by atoms with Crippen molar-refractivity contribution < 1.29 is 13.5 Å². The fourth-order valence-electron chi connectivity index (χ4n) is 3.14. The molecule has 1 fully saturated rings. The fourth-order valence-corrected chi connectivity index (χ4v) is 4.52. The van der Waals surface area contributed by atoms with Crippen molar-refractivity contribution in [2.45, 2.75) is 36.7 Å². The van der Waals surface area contributed by atoms with Crippen molar-refractivity contribution in [3.63, 3.8) is 0 Å². The van der Waals surface area contributed by atoms with Crippen LogP contribution in [0.4, 0.5) is 0 Å². The number of H-pyrrole nitrogens is 1. The van der Waals surface area contributed by atoms with Crippen molar-refractivity contribution in [1.82, 2.24) is 14.3 Å². The molecule has 2 heterocycles. The molecule has 6 nitrogen and oxygen atoms in total. The number of aliphatic hydroxyl groups is 1. The zero-order valence-corrected chi connectivity index (χ0v) is 13.4. The number of nitrogens with zero attached hydrogens (tertiary/aromatic N) is 2. The van der Waals surface area contributed by atoms with Gasteiger partial charge in [-0.1, -0.05) is 12.8 Å². The number of sulfonamides is 1. The molecule has 0 aromatic carbocycles. The first kappa shape index (κ1) is 15.5. The van der Waals surface area contributed by atoms with Crippen LogP contribution in [0.3, 0.4) is 0 Å². The van der Waals surface area contributed by atoms with Gasteiger partial charge in [-0.05, 0) is 30.9 Å². The average molecular weight is 323 g/mol. The molecule has 1 aliphatic carbocycles. The number of hydrogen-bond acceptors (Lipinski definition) is 4. The van der Waals surface area contributed by atoms with Gasteiger partial charge in [0, 0.05) is 31.4 Å². The molecule has 3 rings (SSSR count). The quantitative estimate of drug-likeness (QED) is 0.897. The van der Waals surface area contributed by atoms with Gasteiger partial charge in [-0.15, -0.1) is 0 Å². The third kappa shape index (κ3) is 2.76. The first-order chi connectivity index (χ1) is 10.5. The van der Waals surface area contributed by atoms with Crippen molar-refractivity contribution in [1.29, 1.82) is 0 Å². The van der Waals surface area contributed by atoms with Crippen molar-refractivity contribution in [2.75, 3.05) is 13.6 Å². The molecule has 2 aromatic heterocycles. The molecule has 2 N–H and O–H groups in total. The summed E-state index contributed by atoms with van der Waals surface area (Å²) in [7, 11) is -2.02. The molecule has 2 aromatic rings. The zero-order valence-electron chi connectivity index (χ0n) is 12.6. The topological polar surface area (TPSA) is 86.3 Å². The summed E-state index contributed by atoms with van der Waals surface area (Å²) in [6, 6.07) is 3.47. The summed E-state index contributed by atoms with van der Waals surface area (Å²) >= 11 is 0. The highest BCUT2D eigenvalue weighted by Crippen LogP contribution is 2.28. The lowest BCUT2D eigenvalue weighted by Crippen LogP contribution is -2.38. The monoisotopic (exact) mass is 323 g/mol. The lowest BCUT2D eigenvalue weighted by atomic mass is 9.86. The highest BCUT2D eigenvalue weighted by Gasteiger charge is 2.30. The number of rotatable bonds is 4. The molecule has 120 valence electrons. The lowest BCUT2D eigenvalue weighted by Gasteiger charge is -2.30. The molecule has 0 bridgehead atoms. The third-order valence-corrected chi connectivity index (χ3v) is 6.33. The average Bonchev–Trinajstić information content (AvgIpc) is 2.94. The second kappa shape index (κ2) is 5.98. The second-order valence-electron chi connectivity index (χ2n) is 5.95. The predicted octanol–water partition coefficient (Wildman–Crippen LogP) is 1.73. The van der Waals surface area contributed by atoms with E-state index < -0.39 is 16.1 Å². The Morgan fingerprint density at radius 3 is 2.95 bits per heavy atom. The summed E-state index contributed by atoms with van der Waals surface area (Å²) < 4.78 is 26.9. The van der Waals surface area contributed by atoms with Crippen LogP contribution in [0, 0.1) is 5.92 Å². The zero-order chi connectivity index (χ0) is 15.7. The van der Waals surface area contributed by atoms with Crippen LogP contribution in [0.5, 0.6) is 0 Å². The van der Waals surface area contributed by atoms with E-state index in [9.17, 15) is 13.5 Å². The second-order valence-corrected chi connectivity index (χ2v) is 7.96. The van der Waals surface area contributed by atoms with Crippen molar-refractivity contribution in [3.8, 4) is 0 Å². The highest BCUT2D eigenvalue weighted by molar-refractivity contribution is 7.89. The van der Waals surface area contributed by atoms with Crippen LogP contribution in [-0.4, -0.2) is 47.5 Å². The third-order valence-electron chi connectivity index (χ3n) is 4.46. The van der Waals surface area contributed by atoms with Crippen molar-refractivity contribution in [2.24, 2.45) is 5.92 Å². The minimum absolute atomic E-state index is 0.0110. The molecular weight excluding hydrogens is 302 g/mol. The van der Waals surface area contributed by atoms with Crippen LogP contribution in [0.15, 0.2) is 29.4 Å². The largest absolute Gasteiger partial charge is 0.393 e. The molecule has 0 spiro atoms. The first-order valence-corrected chi connectivity index (χ1v) is 9.00. The number of aromatic amines is 1. The van der Waals surface area contributed by atoms with Crippen LogP contribution >= 0.6 is 0 Å². The summed E-state index contributed by atoms with van der Waals surface area (Å²) in [5.74, 6) is 0.0110. The van der Waals surface area contributed by atoms with Gasteiger partial charge in [0.2, 0.25) is 10.0 Å². The number of aliphatic hydroxyl groups excluding tert-OH is 1. The Bertz CT molecular complexity index is 756. The van der Waals surface area contributed by atoms with Crippen LogP contribution in [-0.2, 0) is 10.0 Å². The molecule has 0 saturated heterocycles. The standard InChI is InChI=1S/C15H21N3O3S/c1-18(10-11-5-2-3-7-13(11)19)22(20,21)14-9-17-15-12(14)6-4-8-16-15/h4,6,8-9,11,13,19H,2-3,5,7,10H2,1H3,(H,16,17). The van der Waals surface area contributed by atoms with Gasteiger partial charge in [0.15, 0.2) is 0 Å². The number of pyridine rings is 1. The van der Waals surface area contributed by atoms with Gasteiger partial charge in [0.1, 0.15) is 10.5 Å². The smallest absolute Gasteiger partial charge is 0.245 e. The van der Waals surface area contributed by atoms with Gasteiger partial charge in [-0.25, -0.2) is 17.7 Å². The maximum Gasteiger partial charge on any atom is 0.245 e. The van der Waals surface area contributed by atoms with Crippen LogP contribution in [0.2, 0.25) is 0 Å². The number of fused-ring (bicyclic) bond motifs is 1. The van der Waals surface area contributed by atoms with Gasteiger partial charge < -0.3 is 10.1 Å². The Labute approximate surface area is 130 Å². The molecule has 0 amide bonds. The van der Waals surface area contributed by atoms with Crippen LogP contribution in [0.25, 0.3) is 11.0 Å². The molecule has 1 aliphatic rings. The lowest BCUT2D eigenvalue weighted by molar-refractivity contribution is 0.0621. The molecule has 0 aliphatic heterocycles. The fraction of sp³-hybridized carbons (Fsp3) is 0.533. The van der Waals surface area contributed by atoms with E-state index >= 15 is 0 Å². The van der Waals surface area contributed by atoms with E-state index in [4.69, 9.17) is 0 Å². The molecule has 7 heteroatoms. The van der Waals surface area contributed by atoms with Gasteiger partial charge in [-0.3, -0.25) is 0 Å². The number of nitrogens with one attached hydrogen (secondary N) is 1. The van der Waals surface area contributed by atoms with E-state index in [0.29, 0.717) is 17.6 Å². The van der Waals surface area contributed by atoms with Crippen LogP contribution in [0.1, 0.15) is 25.7 Å². The molecule has 2 atom stereocenters. The minimum Gasteiger partial charge on any atom is -0.393 e. The summed E-state index contributed by atoms with van der Waals surface area (Å²) in [5, 5.41) is 10.6. The Morgan fingerprint density at radius 1 is 1.41 bits per heavy atom. The Hall–Kier alpha value is -1.44. The number of hydrogen-bond donors (Lipinski definition) is 2. The van der Waals surface area contributed by atoms with Gasteiger partial charge in [-0.2, -0.15) is 0 Å². The normalized spacial score (nSPS) is 23.2. The van der Waals surface area contributed by atoms with E-state index in [-0.39, 0.29) is 10.8 Å². The molecular formula is C15H21N3O3S. The van der Waals surface area contributed by atoms with E-state index in [1.165, 1.54) is 10.5 Å². The molecule has 1 saturated carbocycles. The van der Waals surface area contributed by atoms with E-state index in [1.54, 1.807) is 25.4 Å². The molecule has 2 unspecified atom stereocenters. The van der Waals surface area contributed by atoms with E-state index in [0.717, 1.165) is 25.7 Å². The van der Waals surface area contributed by atoms with Gasteiger partial charge in [0.25, 0.3) is 0 Å². The van der Waals surface area contributed by atoms with Crippen LogP contribution < -0.4 is 0 Å². The predicted molar refractivity (Wildman–Crippen MR) is 83.9 cm³/mol. The van der Waals surface area contributed by atoms with Gasteiger partial charge >= 0.3 is 0 Å². The van der Waals surface area contributed by atoms with Crippen molar-refractivity contribution in [3.05, 3.63) is 24.5 Å². The SMILES string of the molecule is CN(CC1CCCCC1O)S(=O)(=O)c1c[nH]c2ncccc12. The summed E-state index contributed by atoms with van der Waals surface area (Å²) in [6.07, 6.45) is 6.40. The van der Waals surface area contributed by atoms with E-state index in [1.807, 2.05) is 0 Å². The minimum atomic E-state index is -3.59. The maximum atomic E-state index is 12.8. The Kier molecular flexibility index (Phi) is 4.20. The molecule has 0 radical (unpaired) electrons. The van der Waals surface area contributed by atoms with Crippen molar-refractivity contribution >= 4 is 21.1 Å². The Morgan fingerprint density at radius 2 is 2.18 bits per heavy atom. The maximum absolute atomic E-state index is 12.8. The first-order valence-electron chi connectivity index (χ1n) is 7.56. The summed E-state index contributed by atoms with van der Waals surface area (Å²) in [6.45, 7) is 0.344.